The van der Waals surface area contributed by atoms with Crippen LogP contribution in [0.4, 0.5) is 23.0 Å². The van der Waals surface area contributed by atoms with E-state index in [9.17, 15) is 30.1 Å². The van der Waals surface area contributed by atoms with E-state index in [1.807, 2.05) is 12.1 Å². The molecule has 3 N–H and O–H groups in total. The Morgan fingerprint density at radius 3 is 2.15 bits per heavy atom. The van der Waals surface area contributed by atoms with Crippen molar-refractivity contribution >= 4 is 39.9 Å². The Balaban J connectivity index is 1.46. The van der Waals surface area contributed by atoms with E-state index in [2.05, 4.69) is 30.6 Å². The maximum Gasteiger partial charge on any atom is 0.339 e. The number of pyridine rings is 2. The number of rotatable bonds is 10. The van der Waals surface area contributed by atoms with E-state index in [0.717, 1.165) is 11.1 Å². The van der Waals surface area contributed by atoms with Gasteiger partial charge in [-0.2, -0.15) is 0 Å². The molecule has 0 aliphatic heterocycles. The first kappa shape index (κ1) is 26.6. The summed E-state index contributed by atoms with van der Waals surface area (Å²) in [6.45, 7) is 0.805. The van der Waals surface area contributed by atoms with Crippen LogP contribution in [0.2, 0.25) is 0 Å². The molecule has 0 atom stereocenters. The van der Waals surface area contributed by atoms with E-state index < -0.39 is 15.8 Å². The Morgan fingerprint density at radius 2 is 1.49 bits per heavy atom. The Kier molecular flexibility index (Phi) is 7.36. The van der Waals surface area contributed by atoms with Gasteiger partial charge in [-0.05, 0) is 47.5 Å². The molecule has 0 aliphatic rings. The molecule has 204 valence electrons. The van der Waals surface area contributed by atoms with Gasteiger partial charge in [0.1, 0.15) is 29.7 Å². The lowest BCUT2D eigenvalue weighted by molar-refractivity contribution is -0.385. The second-order valence-corrected chi connectivity index (χ2v) is 8.69. The fourth-order valence-corrected chi connectivity index (χ4v) is 4.15. The zero-order valence-corrected chi connectivity index (χ0v) is 21.1. The highest BCUT2D eigenvalue weighted by molar-refractivity contribution is 6.03. The van der Waals surface area contributed by atoms with Crippen molar-refractivity contribution in [1.82, 2.24) is 19.9 Å². The quantitative estimate of drug-likeness (QED) is 0.122. The number of non-ortho nitro benzene ring substituents is 1. The van der Waals surface area contributed by atoms with Crippen LogP contribution in [0.1, 0.15) is 10.4 Å². The summed E-state index contributed by atoms with van der Waals surface area (Å²) in [5, 5.41) is 38.5. The summed E-state index contributed by atoms with van der Waals surface area (Å²) in [5.41, 5.74) is 2.54. The van der Waals surface area contributed by atoms with Crippen LogP contribution >= 0.6 is 0 Å². The molecule has 14 nitrogen and oxygen atoms in total. The van der Waals surface area contributed by atoms with Crippen LogP contribution in [0.3, 0.4) is 0 Å². The average molecular weight is 553 g/mol. The first-order valence-electron chi connectivity index (χ1n) is 12.1. The second kappa shape index (κ2) is 11.4. The molecule has 5 rings (SSSR count). The largest absolute Gasteiger partial charge is 0.478 e. The molecular weight excluding hydrogens is 532 g/mol. The molecule has 0 unspecified atom stereocenters. The number of benzene rings is 2. The summed E-state index contributed by atoms with van der Waals surface area (Å²) < 4.78 is 0. The van der Waals surface area contributed by atoms with E-state index in [1.165, 1.54) is 43.0 Å². The second-order valence-electron chi connectivity index (χ2n) is 8.69. The summed E-state index contributed by atoms with van der Waals surface area (Å²) in [6, 6.07) is 16.1. The molecule has 0 spiro atoms. The minimum absolute atomic E-state index is 0.0291. The van der Waals surface area contributed by atoms with Crippen LogP contribution in [-0.4, -0.2) is 53.9 Å². The van der Waals surface area contributed by atoms with E-state index in [1.54, 1.807) is 24.3 Å². The lowest BCUT2D eigenvalue weighted by Crippen LogP contribution is -2.15. The van der Waals surface area contributed by atoms with Gasteiger partial charge in [0.25, 0.3) is 11.4 Å². The van der Waals surface area contributed by atoms with Gasteiger partial charge in [-0.3, -0.25) is 20.2 Å². The number of carboxylic acids is 1. The SMILES string of the molecule is O=C(O)c1cncnc1-c1cc(NCCNc2ccc([N+](=O)[O-])cn2)nc2ccc(-c3ccc([N+](=O)[O-])cc3)cc12. The number of fused-ring (bicyclic) bond motifs is 1. The highest BCUT2D eigenvalue weighted by atomic mass is 16.6. The molecule has 3 heterocycles. The van der Waals surface area contributed by atoms with Crippen molar-refractivity contribution < 1.29 is 19.7 Å². The summed E-state index contributed by atoms with van der Waals surface area (Å²) >= 11 is 0. The highest BCUT2D eigenvalue weighted by Gasteiger charge is 2.18. The molecule has 0 bridgehead atoms. The van der Waals surface area contributed by atoms with E-state index >= 15 is 0 Å². The topological polar surface area (TPSA) is 199 Å². The van der Waals surface area contributed by atoms with E-state index in [4.69, 9.17) is 0 Å². The maximum absolute atomic E-state index is 12.0. The van der Waals surface area contributed by atoms with Gasteiger partial charge in [0.2, 0.25) is 0 Å². The smallest absolute Gasteiger partial charge is 0.339 e. The Labute approximate surface area is 231 Å². The van der Waals surface area contributed by atoms with E-state index in [0.29, 0.717) is 41.2 Å². The standard InChI is InChI=1S/C27H20N8O6/c36-27(37)22-14-28-15-32-26(22)21-12-25(30-10-9-29-24-8-6-19(13-31-24)35(40)41)33-23-7-3-17(11-20(21)23)16-1-4-18(5-2-16)34(38)39/h1-8,11-15H,9-10H2,(H,29,31)(H,30,33)(H,36,37). The van der Waals surface area contributed by atoms with Crippen LogP contribution in [0.25, 0.3) is 33.3 Å². The summed E-state index contributed by atoms with van der Waals surface area (Å²) in [7, 11) is 0. The predicted octanol–water partition coefficient (Wildman–Crippen LogP) is 4.79. The average Bonchev–Trinajstić information content (AvgIpc) is 2.99. The molecule has 0 radical (unpaired) electrons. The van der Waals surface area contributed by atoms with Gasteiger partial charge in [-0.15, -0.1) is 0 Å². The lowest BCUT2D eigenvalue weighted by atomic mass is 9.97. The third kappa shape index (κ3) is 5.85. The number of nitrogens with zero attached hydrogens (tertiary/aromatic N) is 6. The van der Waals surface area contributed by atoms with Gasteiger partial charge < -0.3 is 15.7 Å². The minimum atomic E-state index is -1.19. The third-order valence-corrected chi connectivity index (χ3v) is 6.11. The van der Waals surface area contributed by atoms with Crippen LogP contribution < -0.4 is 10.6 Å². The predicted molar refractivity (Wildman–Crippen MR) is 150 cm³/mol. The number of carbonyl (C=O) groups is 1. The number of anilines is 2. The number of hydrogen-bond donors (Lipinski definition) is 3. The van der Waals surface area contributed by atoms with Crippen molar-refractivity contribution in [3.05, 3.63) is 105 Å². The summed E-state index contributed by atoms with van der Waals surface area (Å²) in [5.74, 6) is -0.259. The first-order chi connectivity index (χ1) is 19.8. The molecular formula is C27H20N8O6. The summed E-state index contributed by atoms with van der Waals surface area (Å²) in [6.07, 6.45) is 3.66. The zero-order chi connectivity index (χ0) is 28.9. The summed E-state index contributed by atoms with van der Waals surface area (Å²) in [4.78, 5) is 49.6. The molecule has 0 fully saturated rings. The van der Waals surface area contributed by atoms with Crippen LogP contribution in [0.5, 0.6) is 0 Å². The minimum Gasteiger partial charge on any atom is -0.478 e. The molecule has 5 aromatic rings. The number of hydrogen-bond acceptors (Lipinski definition) is 11. The van der Waals surface area contributed by atoms with Gasteiger partial charge in [0.15, 0.2) is 0 Å². The van der Waals surface area contributed by atoms with Crippen molar-refractivity contribution in [1.29, 1.82) is 0 Å². The van der Waals surface area contributed by atoms with Crippen molar-refractivity contribution in [2.45, 2.75) is 0 Å². The van der Waals surface area contributed by atoms with E-state index in [-0.39, 0.29) is 22.6 Å². The molecule has 0 aliphatic carbocycles. The van der Waals surface area contributed by atoms with Gasteiger partial charge >= 0.3 is 5.97 Å². The van der Waals surface area contributed by atoms with Gasteiger partial charge in [-0.1, -0.05) is 6.07 Å². The van der Waals surface area contributed by atoms with Crippen LogP contribution in [0, 0.1) is 20.2 Å². The monoisotopic (exact) mass is 552 g/mol. The van der Waals surface area contributed by atoms with Crippen molar-refractivity contribution in [2.75, 3.05) is 23.7 Å². The molecule has 2 aromatic carbocycles. The maximum atomic E-state index is 12.0. The Hall–Kier alpha value is -6.05. The Bertz CT molecular complexity index is 1780. The van der Waals surface area contributed by atoms with Crippen molar-refractivity contribution in [3.8, 4) is 22.4 Å². The number of nitro benzene ring substituents is 1. The van der Waals surface area contributed by atoms with Crippen molar-refractivity contribution in [3.63, 3.8) is 0 Å². The molecule has 41 heavy (non-hydrogen) atoms. The highest BCUT2D eigenvalue weighted by Crippen LogP contribution is 2.34. The van der Waals surface area contributed by atoms with Gasteiger partial charge in [-0.25, -0.2) is 24.7 Å². The van der Waals surface area contributed by atoms with Crippen LogP contribution in [0.15, 0.2) is 79.4 Å². The molecule has 3 aromatic heterocycles. The third-order valence-electron chi connectivity index (χ3n) is 6.11. The fourth-order valence-electron chi connectivity index (χ4n) is 4.15. The Morgan fingerprint density at radius 1 is 0.805 bits per heavy atom. The van der Waals surface area contributed by atoms with Crippen LogP contribution in [-0.2, 0) is 0 Å². The zero-order valence-electron chi connectivity index (χ0n) is 21.1. The molecule has 0 saturated carbocycles. The number of carboxylic acid groups (broad SMARTS) is 1. The molecule has 0 amide bonds. The first-order valence-corrected chi connectivity index (χ1v) is 12.1. The lowest BCUT2D eigenvalue weighted by Gasteiger charge is -2.14. The van der Waals surface area contributed by atoms with Crippen molar-refractivity contribution in [2.24, 2.45) is 0 Å². The normalized spacial score (nSPS) is 10.7. The number of nitro groups is 2. The molecule has 0 saturated heterocycles. The number of aromatic carboxylic acids is 1. The number of nitrogens with one attached hydrogen (secondary N) is 2. The van der Waals surface area contributed by atoms with Gasteiger partial charge in [0, 0.05) is 48.4 Å². The molecule has 14 heteroatoms. The number of aromatic nitrogens is 4. The van der Waals surface area contributed by atoms with Gasteiger partial charge in [0.05, 0.1) is 21.1 Å². The fraction of sp³-hybridized carbons (Fsp3) is 0.0741.